The van der Waals surface area contributed by atoms with Crippen LogP contribution < -0.4 is 5.73 Å². The minimum atomic E-state index is -0.214. The summed E-state index contributed by atoms with van der Waals surface area (Å²) in [5.74, 6) is -0.176. The molecule has 1 fully saturated rings. The zero-order valence-electron chi connectivity index (χ0n) is 8.64. The van der Waals surface area contributed by atoms with E-state index >= 15 is 0 Å². The number of Topliss-reactive ketones (excluding diaryl/α,β-unsaturated/α-hetero) is 1. The number of hydrogen-bond acceptors (Lipinski definition) is 4. The molecule has 2 rings (SSSR count). The van der Waals surface area contributed by atoms with Gasteiger partial charge in [-0.05, 0) is 18.6 Å². The molecule has 4 nitrogen and oxygen atoms in total. The number of aromatic nitrogens is 1. The van der Waals surface area contributed by atoms with Crippen molar-refractivity contribution in [3.05, 3.63) is 29.6 Å². The highest BCUT2D eigenvalue weighted by Gasteiger charge is 2.31. The largest absolute Gasteiger partial charge is 0.379 e. The van der Waals surface area contributed by atoms with E-state index in [2.05, 4.69) is 4.98 Å². The van der Waals surface area contributed by atoms with E-state index in [0.717, 1.165) is 5.56 Å². The van der Waals surface area contributed by atoms with Gasteiger partial charge in [-0.3, -0.25) is 9.78 Å². The first-order valence-corrected chi connectivity index (χ1v) is 4.97. The number of pyridine rings is 1. The Morgan fingerprint density at radius 3 is 2.93 bits per heavy atom. The van der Waals surface area contributed by atoms with E-state index in [1.54, 1.807) is 12.4 Å². The molecule has 0 bridgehead atoms. The van der Waals surface area contributed by atoms with Gasteiger partial charge in [-0.15, -0.1) is 0 Å². The number of nitrogens with two attached hydrogens (primary N) is 1. The van der Waals surface area contributed by atoms with Crippen LogP contribution >= 0.6 is 0 Å². The molecule has 2 atom stereocenters. The van der Waals surface area contributed by atoms with Gasteiger partial charge in [0, 0.05) is 24.0 Å². The lowest BCUT2D eigenvalue weighted by molar-refractivity contribution is 0.0895. The summed E-state index contributed by atoms with van der Waals surface area (Å²) in [6.07, 6.45) is 3.31. The number of carbonyl (C=O) groups is 1. The summed E-state index contributed by atoms with van der Waals surface area (Å²) < 4.78 is 5.18. The second kappa shape index (κ2) is 4.08. The van der Waals surface area contributed by atoms with Crippen molar-refractivity contribution in [2.45, 2.75) is 13.0 Å². The number of aryl methyl sites for hydroxylation is 1. The molecule has 4 heteroatoms. The van der Waals surface area contributed by atoms with Gasteiger partial charge in [0.1, 0.15) is 0 Å². The van der Waals surface area contributed by atoms with Crippen molar-refractivity contribution < 1.29 is 9.53 Å². The van der Waals surface area contributed by atoms with Crippen LogP contribution in [0.25, 0.3) is 0 Å². The van der Waals surface area contributed by atoms with E-state index in [0.29, 0.717) is 18.8 Å². The molecule has 2 N–H and O–H groups in total. The van der Waals surface area contributed by atoms with Crippen molar-refractivity contribution in [2.75, 3.05) is 13.2 Å². The summed E-state index contributed by atoms with van der Waals surface area (Å²) in [7, 11) is 0. The smallest absolute Gasteiger partial charge is 0.171 e. The van der Waals surface area contributed by atoms with Crippen molar-refractivity contribution in [2.24, 2.45) is 11.7 Å². The highest BCUT2D eigenvalue weighted by Crippen LogP contribution is 2.17. The molecule has 15 heavy (non-hydrogen) atoms. The molecule has 1 aromatic rings. The summed E-state index contributed by atoms with van der Waals surface area (Å²) in [6.45, 7) is 2.80. The maximum Gasteiger partial charge on any atom is 0.171 e. The molecule has 80 valence electrons. The minimum absolute atomic E-state index is 0.0381. The fourth-order valence-electron chi connectivity index (χ4n) is 1.74. The second-order valence-corrected chi connectivity index (χ2v) is 3.92. The SMILES string of the molecule is Cc1cncc(C(=O)C2COCC2N)c1. The molecule has 2 unspecified atom stereocenters. The number of ether oxygens (including phenoxy) is 1. The first-order valence-electron chi connectivity index (χ1n) is 4.97. The van der Waals surface area contributed by atoms with E-state index in [4.69, 9.17) is 10.5 Å². The molecular weight excluding hydrogens is 192 g/mol. The third-order valence-electron chi connectivity index (χ3n) is 2.62. The molecule has 0 amide bonds. The molecule has 0 spiro atoms. The van der Waals surface area contributed by atoms with Crippen LogP contribution in [-0.4, -0.2) is 30.0 Å². The highest BCUT2D eigenvalue weighted by molar-refractivity contribution is 5.98. The van der Waals surface area contributed by atoms with Gasteiger partial charge in [0.25, 0.3) is 0 Å². The van der Waals surface area contributed by atoms with Gasteiger partial charge in [-0.2, -0.15) is 0 Å². The Morgan fingerprint density at radius 1 is 1.53 bits per heavy atom. The number of ketones is 1. The molecule has 0 saturated carbocycles. The zero-order chi connectivity index (χ0) is 10.8. The van der Waals surface area contributed by atoms with Gasteiger partial charge in [0.05, 0.1) is 19.1 Å². The van der Waals surface area contributed by atoms with Crippen molar-refractivity contribution >= 4 is 5.78 Å². The predicted octanol–water partition coefficient (Wildman–Crippen LogP) is 0.546. The monoisotopic (exact) mass is 206 g/mol. The molecule has 2 heterocycles. The maximum atomic E-state index is 12.0. The molecule has 1 aliphatic heterocycles. The Balaban J connectivity index is 2.20. The lowest BCUT2D eigenvalue weighted by Gasteiger charge is -2.11. The Hall–Kier alpha value is -1.26. The standard InChI is InChI=1S/C11H14N2O2/c1-7-2-8(4-13-3-7)11(14)9-5-15-6-10(9)12/h2-4,9-10H,5-6,12H2,1H3. The molecule has 1 saturated heterocycles. The molecular formula is C11H14N2O2. The van der Waals surface area contributed by atoms with Crippen LogP contribution in [0.3, 0.4) is 0 Å². The van der Waals surface area contributed by atoms with Crippen LogP contribution in [0.2, 0.25) is 0 Å². The fraction of sp³-hybridized carbons (Fsp3) is 0.455. The predicted molar refractivity (Wildman–Crippen MR) is 55.6 cm³/mol. The van der Waals surface area contributed by atoms with Crippen LogP contribution in [0.1, 0.15) is 15.9 Å². The van der Waals surface area contributed by atoms with Crippen LogP contribution in [0.5, 0.6) is 0 Å². The minimum Gasteiger partial charge on any atom is -0.379 e. The van der Waals surface area contributed by atoms with Crippen molar-refractivity contribution in [3.63, 3.8) is 0 Å². The summed E-state index contributed by atoms with van der Waals surface area (Å²) in [5.41, 5.74) is 7.39. The summed E-state index contributed by atoms with van der Waals surface area (Å²) in [5, 5.41) is 0. The molecule has 1 aromatic heterocycles. The fourth-order valence-corrected chi connectivity index (χ4v) is 1.74. The van der Waals surface area contributed by atoms with Crippen molar-refractivity contribution in [3.8, 4) is 0 Å². The zero-order valence-corrected chi connectivity index (χ0v) is 8.64. The third kappa shape index (κ3) is 2.06. The average Bonchev–Trinajstić information content (AvgIpc) is 2.63. The normalized spacial score (nSPS) is 25.5. The van der Waals surface area contributed by atoms with Gasteiger partial charge in [-0.1, -0.05) is 0 Å². The molecule has 0 aliphatic carbocycles. The van der Waals surface area contributed by atoms with Crippen molar-refractivity contribution in [1.29, 1.82) is 0 Å². The van der Waals surface area contributed by atoms with E-state index < -0.39 is 0 Å². The Labute approximate surface area is 88.4 Å². The van der Waals surface area contributed by atoms with Crippen LogP contribution in [0.15, 0.2) is 18.5 Å². The first-order chi connectivity index (χ1) is 7.18. The third-order valence-corrected chi connectivity index (χ3v) is 2.62. The lowest BCUT2D eigenvalue weighted by atomic mass is 9.94. The van der Waals surface area contributed by atoms with Gasteiger partial charge >= 0.3 is 0 Å². The van der Waals surface area contributed by atoms with E-state index in [9.17, 15) is 4.79 Å². The van der Waals surface area contributed by atoms with Crippen LogP contribution in [0.4, 0.5) is 0 Å². The Morgan fingerprint density at radius 2 is 2.33 bits per heavy atom. The average molecular weight is 206 g/mol. The number of rotatable bonds is 2. The Kier molecular flexibility index (Phi) is 2.79. The maximum absolute atomic E-state index is 12.0. The van der Waals surface area contributed by atoms with Gasteiger partial charge in [0.2, 0.25) is 0 Å². The summed E-state index contributed by atoms with van der Waals surface area (Å²) in [6, 6.07) is 1.65. The lowest BCUT2D eigenvalue weighted by Crippen LogP contribution is -2.34. The molecule has 0 radical (unpaired) electrons. The number of nitrogens with zero attached hydrogens (tertiary/aromatic N) is 1. The van der Waals surface area contributed by atoms with Crippen LogP contribution in [0, 0.1) is 12.8 Å². The number of carbonyl (C=O) groups excluding carboxylic acids is 1. The summed E-state index contributed by atoms with van der Waals surface area (Å²) in [4.78, 5) is 16.0. The molecule has 0 aromatic carbocycles. The first kappa shape index (κ1) is 10.3. The quantitative estimate of drug-likeness (QED) is 0.717. The van der Waals surface area contributed by atoms with Gasteiger partial charge in [-0.25, -0.2) is 0 Å². The van der Waals surface area contributed by atoms with Gasteiger partial charge < -0.3 is 10.5 Å². The van der Waals surface area contributed by atoms with E-state index in [1.165, 1.54) is 0 Å². The van der Waals surface area contributed by atoms with E-state index in [-0.39, 0.29) is 17.7 Å². The van der Waals surface area contributed by atoms with Crippen molar-refractivity contribution in [1.82, 2.24) is 4.98 Å². The summed E-state index contributed by atoms with van der Waals surface area (Å²) >= 11 is 0. The molecule has 1 aliphatic rings. The Bertz CT molecular complexity index is 379. The highest BCUT2D eigenvalue weighted by atomic mass is 16.5. The second-order valence-electron chi connectivity index (χ2n) is 3.92. The van der Waals surface area contributed by atoms with Gasteiger partial charge in [0.15, 0.2) is 5.78 Å². The topological polar surface area (TPSA) is 65.2 Å². The van der Waals surface area contributed by atoms with E-state index in [1.807, 2.05) is 13.0 Å². The van der Waals surface area contributed by atoms with Crippen LogP contribution in [-0.2, 0) is 4.74 Å². The number of hydrogen-bond donors (Lipinski definition) is 1.